The molecule has 0 aromatic rings. The highest BCUT2D eigenvalue weighted by Crippen LogP contribution is 2.06. The molecule has 1 unspecified atom stereocenters. The van der Waals surface area contributed by atoms with Gasteiger partial charge in [0.15, 0.2) is 0 Å². The molecule has 0 aromatic heterocycles. The zero-order valence-electron chi connectivity index (χ0n) is 8.73. The predicted molar refractivity (Wildman–Crippen MR) is 54.1 cm³/mol. The molecule has 0 bridgehead atoms. The fourth-order valence-corrected chi connectivity index (χ4v) is 0.900. The molecule has 5 nitrogen and oxygen atoms in total. The molecule has 14 heavy (non-hydrogen) atoms. The van der Waals surface area contributed by atoms with Gasteiger partial charge in [-0.15, -0.1) is 0 Å². The van der Waals surface area contributed by atoms with Crippen LogP contribution >= 0.6 is 9.47 Å². The van der Waals surface area contributed by atoms with Gasteiger partial charge in [-0.1, -0.05) is 0 Å². The summed E-state index contributed by atoms with van der Waals surface area (Å²) in [5.41, 5.74) is 0. The normalized spacial score (nSPS) is 11.1. The van der Waals surface area contributed by atoms with Crippen molar-refractivity contribution in [2.24, 2.45) is 0 Å². The molecule has 0 rings (SSSR count). The van der Waals surface area contributed by atoms with Gasteiger partial charge in [0.05, 0.1) is 19.8 Å². The van der Waals surface area contributed by atoms with E-state index in [0.29, 0.717) is 26.2 Å². The molecule has 86 valence electrons. The first-order valence-corrected chi connectivity index (χ1v) is 5.20. The predicted octanol–water partition coefficient (Wildman–Crippen LogP) is 1.84. The van der Waals surface area contributed by atoms with E-state index >= 15 is 0 Å². The minimum atomic E-state index is -0.491. The first-order chi connectivity index (χ1) is 6.85. The van der Waals surface area contributed by atoms with Gasteiger partial charge in [0.25, 0.3) is 0 Å². The maximum absolute atomic E-state index is 4.93. The van der Waals surface area contributed by atoms with Crippen molar-refractivity contribution >= 4 is 9.47 Å². The largest absolute Gasteiger partial charge is 0.366 e. The molecule has 0 fully saturated rings. The lowest BCUT2D eigenvalue weighted by molar-refractivity contribution is -0.461. The van der Waals surface area contributed by atoms with Crippen LogP contribution < -0.4 is 0 Å². The Bertz CT molecular complexity index is 106. The van der Waals surface area contributed by atoms with E-state index in [1.807, 2.05) is 13.8 Å². The second-order valence-corrected chi connectivity index (χ2v) is 2.78. The van der Waals surface area contributed by atoms with Gasteiger partial charge in [-0.05, 0) is 20.3 Å². The zero-order valence-corrected chi connectivity index (χ0v) is 9.89. The molecule has 0 amide bonds. The summed E-state index contributed by atoms with van der Waals surface area (Å²) in [6.45, 7) is 5.26. The first-order valence-electron chi connectivity index (χ1n) is 4.73. The van der Waals surface area contributed by atoms with E-state index in [9.17, 15) is 0 Å². The monoisotopic (exact) mass is 226 g/mol. The van der Waals surface area contributed by atoms with Crippen molar-refractivity contribution in [3.63, 3.8) is 0 Å². The molecule has 0 aliphatic heterocycles. The Morgan fingerprint density at radius 3 is 2.07 bits per heavy atom. The molecule has 0 saturated heterocycles. The van der Waals surface area contributed by atoms with E-state index in [4.69, 9.17) is 24.1 Å². The molecule has 0 aliphatic rings. The highest BCUT2D eigenvalue weighted by molar-refractivity contribution is 7.09. The van der Waals surface area contributed by atoms with Gasteiger partial charge in [0.2, 0.25) is 6.29 Å². The van der Waals surface area contributed by atoms with Gasteiger partial charge in [-0.25, -0.2) is 19.6 Å². The topological polar surface area (TPSA) is 46.2 Å². The van der Waals surface area contributed by atoms with Crippen molar-refractivity contribution in [3.05, 3.63) is 0 Å². The number of rotatable bonds is 10. The average Bonchev–Trinajstić information content (AvgIpc) is 2.21. The van der Waals surface area contributed by atoms with Crippen molar-refractivity contribution in [2.45, 2.75) is 33.0 Å². The van der Waals surface area contributed by atoms with E-state index in [-0.39, 0.29) is 0 Å². The van der Waals surface area contributed by atoms with Crippen molar-refractivity contribution in [1.82, 2.24) is 0 Å². The molecule has 0 saturated carbocycles. The van der Waals surface area contributed by atoms with Crippen LogP contribution in [0.1, 0.15) is 26.7 Å². The maximum atomic E-state index is 4.93. The third-order valence-corrected chi connectivity index (χ3v) is 1.52. The molecular formula is C8H19O5P. The quantitative estimate of drug-likeness (QED) is 0.187. The summed E-state index contributed by atoms with van der Waals surface area (Å²) in [5.74, 6) is 0. The summed E-state index contributed by atoms with van der Waals surface area (Å²) in [4.78, 5) is 19.4. The Kier molecular flexibility index (Phi) is 11.5. The molecule has 1 atom stereocenters. The molecular weight excluding hydrogens is 207 g/mol. The lowest BCUT2D eigenvalue weighted by Crippen LogP contribution is -2.18. The van der Waals surface area contributed by atoms with E-state index in [1.54, 1.807) is 0 Å². The standard InChI is InChI=1S/C8H19O5P/c1-3-9-12-8(13-10-4-2)6-5-7-11-14/h8H,3-7,14H2,1-2H3. The minimum Gasteiger partial charge on any atom is -0.366 e. The fraction of sp³-hybridized carbons (Fsp3) is 1.00. The number of hydrogen-bond donors (Lipinski definition) is 0. The van der Waals surface area contributed by atoms with Crippen LogP contribution in [0.2, 0.25) is 0 Å². The highest BCUT2D eigenvalue weighted by atomic mass is 31.0. The van der Waals surface area contributed by atoms with Crippen LogP contribution in [0, 0.1) is 0 Å². The summed E-state index contributed by atoms with van der Waals surface area (Å²) in [5, 5.41) is 0. The lowest BCUT2D eigenvalue weighted by atomic mass is 10.3. The van der Waals surface area contributed by atoms with Crippen LogP contribution in [-0.4, -0.2) is 26.1 Å². The highest BCUT2D eigenvalue weighted by Gasteiger charge is 2.11. The summed E-state index contributed by atoms with van der Waals surface area (Å²) in [6.07, 6.45) is 0.984. The lowest BCUT2D eigenvalue weighted by Gasteiger charge is -2.14. The van der Waals surface area contributed by atoms with Crippen LogP contribution in [0.4, 0.5) is 0 Å². The van der Waals surface area contributed by atoms with Crippen LogP contribution in [0.25, 0.3) is 0 Å². The van der Waals surface area contributed by atoms with Crippen LogP contribution in [0.3, 0.4) is 0 Å². The van der Waals surface area contributed by atoms with Crippen LogP contribution in [0.15, 0.2) is 0 Å². The molecule has 6 heteroatoms. The van der Waals surface area contributed by atoms with E-state index in [1.165, 1.54) is 0 Å². The molecule has 0 aliphatic carbocycles. The Hall–Kier alpha value is 0.230. The van der Waals surface area contributed by atoms with Crippen molar-refractivity contribution in [2.75, 3.05) is 19.8 Å². The van der Waals surface area contributed by atoms with E-state index in [2.05, 4.69) is 9.47 Å². The zero-order chi connectivity index (χ0) is 10.6. The maximum Gasteiger partial charge on any atom is 0.224 e. The second-order valence-electron chi connectivity index (χ2n) is 2.45. The fourth-order valence-electron chi connectivity index (χ4n) is 0.733. The van der Waals surface area contributed by atoms with E-state index < -0.39 is 6.29 Å². The van der Waals surface area contributed by atoms with Gasteiger partial charge >= 0.3 is 0 Å². The third kappa shape index (κ3) is 8.81. The SMILES string of the molecule is CCOOC(CCCOP)OOCC. The van der Waals surface area contributed by atoms with Crippen molar-refractivity contribution in [3.8, 4) is 0 Å². The van der Waals surface area contributed by atoms with Crippen LogP contribution in [0.5, 0.6) is 0 Å². The molecule has 0 N–H and O–H groups in total. The average molecular weight is 226 g/mol. The Morgan fingerprint density at radius 2 is 1.64 bits per heavy atom. The molecule has 0 aromatic carbocycles. The Balaban J connectivity index is 3.49. The molecule has 0 spiro atoms. The second kappa shape index (κ2) is 11.3. The third-order valence-electron chi connectivity index (χ3n) is 1.29. The Labute approximate surface area is 87.1 Å². The van der Waals surface area contributed by atoms with Gasteiger partial charge in [-0.2, -0.15) is 0 Å². The van der Waals surface area contributed by atoms with E-state index in [0.717, 1.165) is 6.42 Å². The molecule has 0 radical (unpaired) electrons. The smallest absolute Gasteiger partial charge is 0.224 e. The van der Waals surface area contributed by atoms with Crippen molar-refractivity contribution in [1.29, 1.82) is 0 Å². The summed E-state index contributed by atoms with van der Waals surface area (Å²) in [7, 11) is 2.19. The van der Waals surface area contributed by atoms with Crippen LogP contribution in [-0.2, 0) is 24.1 Å². The summed E-state index contributed by atoms with van der Waals surface area (Å²) in [6, 6.07) is 0. The van der Waals surface area contributed by atoms with Gasteiger partial charge in [-0.3, -0.25) is 0 Å². The van der Waals surface area contributed by atoms with Gasteiger partial charge < -0.3 is 4.52 Å². The Morgan fingerprint density at radius 1 is 1.07 bits per heavy atom. The minimum absolute atomic E-state index is 0.478. The van der Waals surface area contributed by atoms with Gasteiger partial charge in [0, 0.05) is 15.9 Å². The first kappa shape index (κ1) is 14.2. The summed E-state index contributed by atoms with van der Waals surface area (Å²) >= 11 is 0. The molecule has 0 heterocycles. The van der Waals surface area contributed by atoms with Gasteiger partial charge in [0.1, 0.15) is 0 Å². The van der Waals surface area contributed by atoms with Crippen molar-refractivity contribution < 1.29 is 24.1 Å². The summed E-state index contributed by atoms with van der Waals surface area (Å²) < 4.78 is 4.83. The number of hydrogen-bond acceptors (Lipinski definition) is 5.